The molecule has 1 fully saturated rings. The van der Waals surface area contributed by atoms with Crippen LogP contribution in [0.3, 0.4) is 0 Å². The number of nitrogens with one attached hydrogen (secondary N) is 2. The van der Waals surface area contributed by atoms with E-state index in [2.05, 4.69) is 10.6 Å². The number of fused-ring (bicyclic) bond motifs is 1. The first kappa shape index (κ1) is 11.0. The van der Waals surface area contributed by atoms with E-state index >= 15 is 0 Å². The molecule has 0 radical (unpaired) electrons. The van der Waals surface area contributed by atoms with E-state index in [4.69, 9.17) is 0 Å². The van der Waals surface area contributed by atoms with E-state index in [1.807, 2.05) is 6.07 Å². The number of benzene rings is 1. The van der Waals surface area contributed by atoms with Gasteiger partial charge in [0.05, 0.1) is 0 Å². The van der Waals surface area contributed by atoms with Gasteiger partial charge in [-0.3, -0.25) is 0 Å². The summed E-state index contributed by atoms with van der Waals surface area (Å²) in [5, 5.41) is 7.02. The van der Waals surface area contributed by atoms with Crippen molar-refractivity contribution in [3.8, 4) is 0 Å². The van der Waals surface area contributed by atoms with Crippen LogP contribution < -0.4 is 10.6 Å². The van der Waals surface area contributed by atoms with Gasteiger partial charge in [0.2, 0.25) is 0 Å². The zero-order chi connectivity index (χ0) is 11.7. The van der Waals surface area contributed by atoms with E-state index < -0.39 is 0 Å². The number of aryl methyl sites for hydroxylation is 1. The van der Waals surface area contributed by atoms with Gasteiger partial charge in [0, 0.05) is 24.3 Å². The SMILES string of the molecule is Fc1ccc2c(c1)NC(CNC1CCC1)CC2. The Balaban J connectivity index is 1.59. The summed E-state index contributed by atoms with van der Waals surface area (Å²) in [5.74, 6) is -0.149. The predicted octanol–water partition coefficient (Wildman–Crippen LogP) is 2.69. The first-order valence-electron chi connectivity index (χ1n) is 6.59. The quantitative estimate of drug-likeness (QED) is 0.840. The van der Waals surface area contributed by atoms with Crippen LogP contribution in [-0.2, 0) is 6.42 Å². The number of halogens is 1. The Morgan fingerprint density at radius 3 is 2.94 bits per heavy atom. The topological polar surface area (TPSA) is 24.1 Å². The lowest BCUT2D eigenvalue weighted by Crippen LogP contribution is -2.43. The molecule has 3 rings (SSSR count). The largest absolute Gasteiger partial charge is 0.381 e. The average molecular weight is 234 g/mol. The van der Waals surface area contributed by atoms with Gasteiger partial charge in [0.1, 0.15) is 5.82 Å². The molecule has 3 heteroatoms. The summed E-state index contributed by atoms with van der Waals surface area (Å²) >= 11 is 0. The third-order valence-electron chi connectivity index (χ3n) is 3.95. The molecule has 1 heterocycles. The van der Waals surface area contributed by atoms with E-state index in [1.165, 1.54) is 24.8 Å². The highest BCUT2D eigenvalue weighted by atomic mass is 19.1. The van der Waals surface area contributed by atoms with Crippen molar-refractivity contribution in [2.24, 2.45) is 0 Å². The molecule has 0 spiro atoms. The third-order valence-corrected chi connectivity index (χ3v) is 3.95. The maximum atomic E-state index is 13.1. The molecule has 0 bridgehead atoms. The smallest absolute Gasteiger partial charge is 0.125 e. The number of rotatable bonds is 3. The first-order chi connectivity index (χ1) is 8.31. The van der Waals surface area contributed by atoms with Gasteiger partial charge in [-0.2, -0.15) is 0 Å². The second-order valence-electron chi connectivity index (χ2n) is 5.22. The zero-order valence-corrected chi connectivity index (χ0v) is 10.0. The van der Waals surface area contributed by atoms with Crippen LogP contribution in [-0.4, -0.2) is 18.6 Å². The lowest BCUT2D eigenvalue weighted by atomic mass is 9.92. The summed E-state index contributed by atoms with van der Waals surface area (Å²) in [6, 6.07) is 6.24. The molecule has 1 aliphatic heterocycles. The van der Waals surface area contributed by atoms with Crippen LogP contribution in [0.4, 0.5) is 10.1 Å². The molecular formula is C14H19FN2. The van der Waals surface area contributed by atoms with Crippen molar-refractivity contribution in [2.75, 3.05) is 11.9 Å². The van der Waals surface area contributed by atoms with Crippen molar-refractivity contribution in [1.82, 2.24) is 5.32 Å². The average Bonchev–Trinajstić information content (AvgIpc) is 2.26. The summed E-state index contributed by atoms with van der Waals surface area (Å²) < 4.78 is 13.1. The molecule has 1 unspecified atom stereocenters. The fourth-order valence-electron chi connectivity index (χ4n) is 2.60. The maximum Gasteiger partial charge on any atom is 0.125 e. The molecule has 2 nitrogen and oxygen atoms in total. The van der Waals surface area contributed by atoms with Gasteiger partial charge in [-0.05, 0) is 43.4 Å². The molecule has 1 aromatic rings. The Hall–Kier alpha value is -1.09. The Kier molecular flexibility index (Phi) is 3.02. The third kappa shape index (κ3) is 2.44. The number of anilines is 1. The molecule has 1 atom stereocenters. The van der Waals surface area contributed by atoms with E-state index in [-0.39, 0.29) is 5.82 Å². The molecule has 0 aromatic heterocycles. The molecule has 92 valence electrons. The van der Waals surface area contributed by atoms with Crippen molar-refractivity contribution in [3.63, 3.8) is 0 Å². The Morgan fingerprint density at radius 1 is 1.29 bits per heavy atom. The van der Waals surface area contributed by atoms with Crippen molar-refractivity contribution in [3.05, 3.63) is 29.6 Å². The van der Waals surface area contributed by atoms with Crippen LogP contribution in [0, 0.1) is 5.82 Å². The van der Waals surface area contributed by atoms with Crippen molar-refractivity contribution in [1.29, 1.82) is 0 Å². The summed E-state index contributed by atoms with van der Waals surface area (Å²) in [6.45, 7) is 1.00. The van der Waals surface area contributed by atoms with Crippen LogP contribution >= 0.6 is 0 Å². The van der Waals surface area contributed by atoms with Crippen LogP contribution in [0.15, 0.2) is 18.2 Å². The van der Waals surface area contributed by atoms with E-state index in [0.717, 1.165) is 31.1 Å². The van der Waals surface area contributed by atoms with Crippen molar-refractivity contribution in [2.45, 2.75) is 44.2 Å². The lowest BCUT2D eigenvalue weighted by molar-refractivity contribution is 0.331. The lowest BCUT2D eigenvalue weighted by Gasteiger charge is -2.32. The van der Waals surface area contributed by atoms with E-state index in [9.17, 15) is 4.39 Å². The number of hydrogen-bond donors (Lipinski definition) is 2. The van der Waals surface area contributed by atoms with Gasteiger partial charge in [0.15, 0.2) is 0 Å². The minimum Gasteiger partial charge on any atom is -0.381 e. The summed E-state index contributed by atoms with van der Waals surface area (Å²) in [5.41, 5.74) is 2.22. The summed E-state index contributed by atoms with van der Waals surface area (Å²) in [6.07, 6.45) is 6.19. The van der Waals surface area contributed by atoms with Gasteiger partial charge in [-0.25, -0.2) is 4.39 Å². The standard InChI is InChI=1S/C14H19FN2/c15-11-6-4-10-5-7-13(17-14(10)8-11)9-16-12-2-1-3-12/h4,6,8,12-13,16-17H,1-3,5,7,9H2. The molecule has 17 heavy (non-hydrogen) atoms. The Bertz CT molecular complexity index is 401. The van der Waals surface area contributed by atoms with Gasteiger partial charge >= 0.3 is 0 Å². The Labute approximate surface area is 102 Å². The van der Waals surface area contributed by atoms with E-state index in [0.29, 0.717) is 6.04 Å². The van der Waals surface area contributed by atoms with Gasteiger partial charge in [-0.1, -0.05) is 12.5 Å². The highest BCUT2D eigenvalue weighted by Crippen LogP contribution is 2.26. The highest BCUT2D eigenvalue weighted by molar-refractivity contribution is 5.54. The first-order valence-corrected chi connectivity index (χ1v) is 6.59. The Morgan fingerprint density at radius 2 is 2.18 bits per heavy atom. The minimum atomic E-state index is -0.149. The van der Waals surface area contributed by atoms with Gasteiger partial charge in [0.25, 0.3) is 0 Å². The van der Waals surface area contributed by atoms with Gasteiger partial charge < -0.3 is 10.6 Å². The molecule has 1 aromatic carbocycles. The fraction of sp³-hybridized carbons (Fsp3) is 0.571. The van der Waals surface area contributed by atoms with Crippen LogP contribution in [0.5, 0.6) is 0 Å². The van der Waals surface area contributed by atoms with Gasteiger partial charge in [-0.15, -0.1) is 0 Å². The van der Waals surface area contributed by atoms with Crippen LogP contribution in [0.25, 0.3) is 0 Å². The molecule has 2 N–H and O–H groups in total. The molecule has 0 amide bonds. The highest BCUT2D eigenvalue weighted by Gasteiger charge is 2.21. The van der Waals surface area contributed by atoms with Crippen LogP contribution in [0.2, 0.25) is 0 Å². The zero-order valence-electron chi connectivity index (χ0n) is 10.0. The van der Waals surface area contributed by atoms with Crippen LogP contribution in [0.1, 0.15) is 31.2 Å². The van der Waals surface area contributed by atoms with E-state index in [1.54, 1.807) is 12.1 Å². The van der Waals surface area contributed by atoms with Crippen molar-refractivity contribution >= 4 is 5.69 Å². The second-order valence-corrected chi connectivity index (χ2v) is 5.22. The molecule has 1 aliphatic carbocycles. The molecule has 0 saturated heterocycles. The molecular weight excluding hydrogens is 215 g/mol. The normalized spacial score (nSPS) is 23.7. The monoisotopic (exact) mass is 234 g/mol. The number of hydrogen-bond acceptors (Lipinski definition) is 2. The predicted molar refractivity (Wildman–Crippen MR) is 67.8 cm³/mol. The molecule has 2 aliphatic rings. The fourth-order valence-corrected chi connectivity index (χ4v) is 2.60. The minimum absolute atomic E-state index is 0.149. The summed E-state index contributed by atoms with van der Waals surface area (Å²) in [7, 11) is 0. The van der Waals surface area contributed by atoms with Crippen molar-refractivity contribution < 1.29 is 4.39 Å². The second kappa shape index (κ2) is 4.65. The molecule has 1 saturated carbocycles. The maximum absolute atomic E-state index is 13.1. The summed E-state index contributed by atoms with van der Waals surface area (Å²) in [4.78, 5) is 0.